The molecule has 5 heteroatoms. The smallest absolute Gasteiger partial charge is 0.157 e. The molecule has 2 heterocycles. The van der Waals surface area contributed by atoms with Crippen LogP contribution in [0.2, 0.25) is 0 Å². The molecule has 0 aliphatic rings. The van der Waals surface area contributed by atoms with Crippen LogP contribution in [0.15, 0.2) is 184 Å². The summed E-state index contributed by atoms with van der Waals surface area (Å²) in [6, 6.07) is 44.5. The number of nitrogens with two attached hydrogens (primary N) is 1. The molecule has 0 atom stereocenters. The van der Waals surface area contributed by atoms with Crippen LogP contribution in [0.25, 0.3) is 60.6 Å². The van der Waals surface area contributed by atoms with E-state index in [0.717, 1.165) is 49.6 Å². The number of rotatable bonds is 6. The highest BCUT2D eigenvalue weighted by Crippen LogP contribution is 2.41. The fraction of sp³-hybridized carbons (Fsp3) is 0.0222. The average Bonchev–Trinajstić information content (AvgIpc) is 3.77. The van der Waals surface area contributed by atoms with Crippen LogP contribution in [0.5, 0.6) is 0 Å². The largest absolute Gasteiger partial charge is 0.456 e. The van der Waals surface area contributed by atoms with Crippen LogP contribution in [0, 0.1) is 0 Å². The summed E-state index contributed by atoms with van der Waals surface area (Å²) in [5.41, 5.74) is 14.5. The highest BCUT2D eigenvalue weighted by molar-refractivity contribution is 6.19. The minimum Gasteiger partial charge on any atom is -0.456 e. The van der Waals surface area contributed by atoms with E-state index >= 15 is 0 Å². The van der Waals surface area contributed by atoms with Gasteiger partial charge < -0.3 is 14.7 Å². The van der Waals surface area contributed by atoms with Crippen LogP contribution in [-0.4, -0.2) is 16.2 Å². The first kappa shape index (κ1) is 24.4. The summed E-state index contributed by atoms with van der Waals surface area (Å²) in [5, 5.41) is 4.16. The van der Waals surface area contributed by atoms with Crippen molar-refractivity contribution in [2.24, 2.45) is 15.7 Å². The normalized spacial score (nSPS) is 13.8. The van der Waals surface area contributed by atoms with E-state index in [-0.39, 0.29) is 23.8 Å². The maximum absolute atomic E-state index is 8.47. The zero-order valence-electron chi connectivity index (χ0n) is 31.8. The lowest BCUT2D eigenvalue weighted by Crippen LogP contribution is -2.16. The second kappa shape index (κ2) is 12.4. The Morgan fingerprint density at radius 3 is 2.22 bits per heavy atom. The van der Waals surface area contributed by atoms with Gasteiger partial charge in [-0.3, -0.25) is 4.99 Å². The minimum atomic E-state index is -0.503. The predicted octanol–water partition coefficient (Wildman–Crippen LogP) is 10.7. The van der Waals surface area contributed by atoms with Gasteiger partial charge in [-0.15, -0.1) is 0 Å². The van der Waals surface area contributed by atoms with Gasteiger partial charge >= 0.3 is 0 Å². The molecule has 238 valence electrons. The molecule has 0 amide bonds. The van der Waals surface area contributed by atoms with Gasteiger partial charge in [0.15, 0.2) is 5.84 Å². The van der Waals surface area contributed by atoms with E-state index in [1.165, 1.54) is 5.39 Å². The molecule has 0 saturated heterocycles. The van der Waals surface area contributed by atoms with Crippen molar-refractivity contribution in [2.45, 2.75) is 6.54 Å². The number of furan rings is 1. The first-order valence-electron chi connectivity index (χ1n) is 18.8. The molecule has 0 saturated carbocycles. The van der Waals surface area contributed by atoms with E-state index < -0.39 is 30.2 Å². The zero-order valence-corrected chi connectivity index (χ0v) is 26.8. The van der Waals surface area contributed by atoms with Crippen molar-refractivity contribution < 1.29 is 11.3 Å². The predicted molar refractivity (Wildman–Crippen MR) is 207 cm³/mol. The number of nitrogens with zero attached hydrogens (tertiary/aromatic N) is 3. The molecular weight excluding hydrogens is 613 g/mol. The topological polar surface area (TPSA) is 68.8 Å². The molecule has 9 rings (SSSR count). The lowest BCUT2D eigenvalue weighted by Gasteiger charge is -2.10. The van der Waals surface area contributed by atoms with E-state index in [1.54, 1.807) is 0 Å². The van der Waals surface area contributed by atoms with Crippen LogP contribution >= 0.6 is 0 Å². The standard InChI is InChI=1S/C45H32N4O/c46-44(32-18-8-3-9-19-32)48-45(47-29-30-14-4-1-5-15-30)33-26-27-36-41(28-33)50-40-25-13-24-39(43(36)40)49-37-22-11-10-20-35(37)42-34(21-12-23-38(42)49)31-16-6-2-7-17-31/h1-28H,29H2,(H2,46,47,48)/i3D,8D,9D,18D,19D. The number of para-hydroxylation sites is 1. The SMILES string of the molecule is [2H]c1c([2H])c([2H])c(C(N)=NC(=NCc2ccccc2)c2ccc3c(c2)oc2cccc(-n4c5ccccc5c5c(-c6ccccc6)cccc54)c23)c([2H])c1[2H]. The summed E-state index contributed by atoms with van der Waals surface area (Å²) in [4.78, 5) is 9.44. The van der Waals surface area contributed by atoms with Gasteiger partial charge in [0.1, 0.15) is 17.0 Å². The Labute approximate surface area is 296 Å². The van der Waals surface area contributed by atoms with Gasteiger partial charge in [-0.25, -0.2) is 4.99 Å². The quantitative estimate of drug-likeness (QED) is 0.144. The summed E-state index contributed by atoms with van der Waals surface area (Å²) in [7, 11) is 0. The highest BCUT2D eigenvalue weighted by Gasteiger charge is 2.20. The number of hydrogen-bond acceptors (Lipinski definition) is 2. The average molecular weight is 650 g/mol. The van der Waals surface area contributed by atoms with Crippen molar-refractivity contribution in [1.82, 2.24) is 4.57 Å². The molecule has 0 spiro atoms. The number of aliphatic imine (C=N–C) groups is 2. The molecule has 2 aromatic heterocycles. The monoisotopic (exact) mass is 649 g/mol. The number of hydrogen-bond donors (Lipinski definition) is 1. The molecule has 5 nitrogen and oxygen atoms in total. The van der Waals surface area contributed by atoms with Crippen LogP contribution in [0.1, 0.15) is 23.5 Å². The first-order valence-corrected chi connectivity index (χ1v) is 16.3. The van der Waals surface area contributed by atoms with E-state index in [4.69, 9.17) is 22.0 Å². The van der Waals surface area contributed by atoms with Crippen molar-refractivity contribution in [1.29, 1.82) is 0 Å². The Morgan fingerprint density at radius 2 is 1.38 bits per heavy atom. The minimum absolute atomic E-state index is 0.186. The Balaban J connectivity index is 1.23. The molecular formula is C45H32N4O. The van der Waals surface area contributed by atoms with Crippen molar-refractivity contribution in [3.63, 3.8) is 0 Å². The van der Waals surface area contributed by atoms with Crippen LogP contribution in [0.3, 0.4) is 0 Å². The summed E-state index contributed by atoms with van der Waals surface area (Å²) in [6.07, 6.45) is 0. The molecule has 0 radical (unpaired) electrons. The second-order valence-electron chi connectivity index (χ2n) is 12.0. The van der Waals surface area contributed by atoms with Crippen molar-refractivity contribution >= 4 is 55.4 Å². The molecule has 0 aliphatic heterocycles. The van der Waals surface area contributed by atoms with Crippen LogP contribution in [-0.2, 0) is 6.54 Å². The van der Waals surface area contributed by atoms with Gasteiger partial charge in [-0.2, -0.15) is 0 Å². The molecule has 0 bridgehead atoms. The van der Waals surface area contributed by atoms with Gasteiger partial charge in [0.2, 0.25) is 0 Å². The van der Waals surface area contributed by atoms with Crippen molar-refractivity contribution in [2.75, 3.05) is 0 Å². The zero-order chi connectivity index (χ0) is 37.8. The van der Waals surface area contributed by atoms with E-state index in [9.17, 15) is 0 Å². The van der Waals surface area contributed by atoms with Crippen molar-refractivity contribution in [3.8, 4) is 16.8 Å². The highest BCUT2D eigenvalue weighted by atomic mass is 16.3. The van der Waals surface area contributed by atoms with Gasteiger partial charge in [0.25, 0.3) is 0 Å². The van der Waals surface area contributed by atoms with E-state index in [2.05, 4.69) is 82.4 Å². The Kier molecular flexibility index (Phi) is 6.05. The molecule has 9 aromatic rings. The van der Waals surface area contributed by atoms with Gasteiger partial charge in [-0.05, 0) is 53.1 Å². The fourth-order valence-corrected chi connectivity index (χ4v) is 6.76. The second-order valence-corrected chi connectivity index (χ2v) is 12.0. The Bertz CT molecular complexity index is 2990. The maximum Gasteiger partial charge on any atom is 0.157 e. The fourth-order valence-electron chi connectivity index (χ4n) is 6.76. The number of fused-ring (bicyclic) bond motifs is 6. The van der Waals surface area contributed by atoms with Gasteiger partial charge in [0.05, 0.1) is 35.5 Å². The molecule has 0 unspecified atom stereocenters. The van der Waals surface area contributed by atoms with Gasteiger partial charge in [0, 0.05) is 27.3 Å². The van der Waals surface area contributed by atoms with Crippen LogP contribution < -0.4 is 5.73 Å². The number of aromatic nitrogens is 1. The maximum atomic E-state index is 8.47. The van der Waals surface area contributed by atoms with Crippen LogP contribution in [0.4, 0.5) is 0 Å². The third-order valence-electron chi connectivity index (χ3n) is 8.99. The molecule has 2 N–H and O–H groups in total. The lowest BCUT2D eigenvalue weighted by molar-refractivity contribution is 0.668. The van der Waals surface area contributed by atoms with Gasteiger partial charge in [-0.1, -0.05) is 133 Å². The third-order valence-corrected chi connectivity index (χ3v) is 8.99. The first-order chi connectivity index (χ1) is 26.8. The van der Waals surface area contributed by atoms with E-state index in [0.29, 0.717) is 16.7 Å². The Hall–Kier alpha value is -6.72. The lowest BCUT2D eigenvalue weighted by atomic mass is 9.99. The Morgan fingerprint density at radius 1 is 0.640 bits per heavy atom. The summed E-state index contributed by atoms with van der Waals surface area (Å²) in [5.74, 6) is -0.0105. The third kappa shape index (κ3) is 5.13. The summed E-state index contributed by atoms with van der Waals surface area (Å²) < 4.78 is 50.1. The van der Waals surface area contributed by atoms with E-state index in [1.807, 2.05) is 66.7 Å². The molecule has 0 fully saturated rings. The molecule has 0 aliphatic carbocycles. The summed E-state index contributed by atoms with van der Waals surface area (Å²) >= 11 is 0. The number of amidine groups is 2. The number of benzene rings is 7. The van der Waals surface area contributed by atoms with Crippen molar-refractivity contribution in [3.05, 3.63) is 186 Å². The molecule has 7 aromatic carbocycles. The summed E-state index contributed by atoms with van der Waals surface area (Å²) in [6.45, 7) is 0.272. The molecule has 50 heavy (non-hydrogen) atoms.